The molecular formula is C21H24F3N3O4. The van der Waals surface area contributed by atoms with Gasteiger partial charge in [-0.25, -0.2) is 4.79 Å². The number of fused-ring (bicyclic) bond motifs is 1. The minimum absolute atomic E-state index is 0.0581. The third kappa shape index (κ3) is 6.42. The number of nitriles is 1. The lowest BCUT2D eigenvalue weighted by atomic mass is 10.1. The lowest BCUT2D eigenvalue weighted by Gasteiger charge is -2.22. The fraction of sp³-hybridized carbons (Fsp3) is 0.571. The number of carboxylic acids is 1. The molecule has 3 atom stereocenters. The molecule has 0 spiro atoms. The Morgan fingerprint density at radius 3 is 2.61 bits per heavy atom. The first-order valence-corrected chi connectivity index (χ1v) is 10.1. The Morgan fingerprint density at radius 2 is 2.00 bits per heavy atom. The van der Waals surface area contributed by atoms with Crippen LogP contribution in [0.4, 0.5) is 13.2 Å². The normalized spacial score (nSPS) is 25.2. The van der Waals surface area contributed by atoms with Gasteiger partial charge >= 0.3 is 12.1 Å². The molecule has 3 fully saturated rings. The summed E-state index contributed by atoms with van der Waals surface area (Å²) >= 11 is 0. The molecule has 0 bridgehead atoms. The van der Waals surface area contributed by atoms with Crippen LogP contribution in [0.1, 0.15) is 36.8 Å². The maximum absolute atomic E-state index is 12.3. The van der Waals surface area contributed by atoms with Crippen LogP contribution in [0.2, 0.25) is 0 Å². The van der Waals surface area contributed by atoms with E-state index in [9.17, 15) is 18.0 Å². The van der Waals surface area contributed by atoms with Gasteiger partial charge in [-0.1, -0.05) is 12.1 Å². The number of hydrogen-bond acceptors (Lipinski definition) is 5. The molecule has 2 aliphatic heterocycles. The predicted molar refractivity (Wildman–Crippen MR) is 103 cm³/mol. The minimum atomic E-state index is -5.08. The van der Waals surface area contributed by atoms with Gasteiger partial charge in [0.15, 0.2) is 0 Å². The topological polar surface area (TPSA) is 103 Å². The molecular weight excluding hydrogens is 415 g/mol. The van der Waals surface area contributed by atoms with E-state index in [4.69, 9.17) is 19.9 Å². The molecule has 0 unspecified atom stereocenters. The van der Waals surface area contributed by atoms with E-state index in [0.717, 1.165) is 38.0 Å². The van der Waals surface area contributed by atoms with Crippen LogP contribution < -0.4 is 5.32 Å². The third-order valence-corrected chi connectivity index (χ3v) is 5.63. The fourth-order valence-electron chi connectivity index (χ4n) is 3.85. The van der Waals surface area contributed by atoms with Gasteiger partial charge in [-0.2, -0.15) is 18.4 Å². The number of alkyl halides is 3. The second-order valence-electron chi connectivity index (χ2n) is 8.03. The monoisotopic (exact) mass is 439 g/mol. The Bertz CT molecular complexity index is 851. The number of carboxylic acid groups (broad SMARTS) is 1. The summed E-state index contributed by atoms with van der Waals surface area (Å²) in [6, 6.07) is 10.3. The maximum atomic E-state index is 12.3. The molecule has 4 rings (SSSR count). The number of rotatable bonds is 5. The Morgan fingerprint density at radius 1 is 1.29 bits per heavy atom. The fourth-order valence-corrected chi connectivity index (χ4v) is 3.85. The molecule has 1 aromatic rings. The van der Waals surface area contributed by atoms with Crippen LogP contribution >= 0.6 is 0 Å². The van der Waals surface area contributed by atoms with Crippen molar-refractivity contribution in [1.82, 2.24) is 10.2 Å². The van der Waals surface area contributed by atoms with E-state index in [0.29, 0.717) is 17.5 Å². The van der Waals surface area contributed by atoms with Gasteiger partial charge in [-0.15, -0.1) is 0 Å². The van der Waals surface area contributed by atoms with Crippen molar-refractivity contribution in [3.05, 3.63) is 35.4 Å². The van der Waals surface area contributed by atoms with Gasteiger partial charge in [0.25, 0.3) is 0 Å². The van der Waals surface area contributed by atoms with Gasteiger partial charge in [-0.05, 0) is 42.9 Å². The summed E-state index contributed by atoms with van der Waals surface area (Å²) in [7, 11) is 0. The Labute approximate surface area is 177 Å². The van der Waals surface area contributed by atoms with Crippen LogP contribution in [0.25, 0.3) is 0 Å². The highest BCUT2D eigenvalue weighted by Crippen LogP contribution is 2.34. The SMILES string of the molecule is N#Cc1cccc(CN2CC[C@@H]3O[C@@H](C(=O)NCC4CC4)C[C@@H]32)c1.O=C(O)C(F)(F)F. The highest BCUT2D eigenvalue weighted by molar-refractivity contribution is 5.81. The van der Waals surface area contributed by atoms with Crippen LogP contribution in [0, 0.1) is 17.2 Å². The van der Waals surface area contributed by atoms with E-state index in [-0.39, 0.29) is 18.1 Å². The summed E-state index contributed by atoms with van der Waals surface area (Å²) in [6.07, 6.45) is -0.972. The molecule has 10 heteroatoms. The Balaban J connectivity index is 0.000000339. The van der Waals surface area contributed by atoms with Gasteiger partial charge in [0.05, 0.1) is 17.7 Å². The lowest BCUT2D eigenvalue weighted by molar-refractivity contribution is -0.192. The van der Waals surface area contributed by atoms with Crippen LogP contribution in [0.3, 0.4) is 0 Å². The highest BCUT2D eigenvalue weighted by Gasteiger charge is 2.45. The third-order valence-electron chi connectivity index (χ3n) is 5.63. The van der Waals surface area contributed by atoms with Crippen LogP contribution in [0.15, 0.2) is 24.3 Å². The zero-order valence-corrected chi connectivity index (χ0v) is 16.8. The highest BCUT2D eigenvalue weighted by atomic mass is 19.4. The molecule has 3 aliphatic rings. The lowest BCUT2D eigenvalue weighted by Crippen LogP contribution is -2.37. The van der Waals surface area contributed by atoms with Crippen molar-refractivity contribution >= 4 is 11.9 Å². The Hall–Kier alpha value is -2.64. The number of carbonyl (C=O) groups is 2. The summed E-state index contributed by atoms with van der Waals surface area (Å²) in [4.78, 5) is 23.6. The van der Waals surface area contributed by atoms with E-state index in [1.807, 2.05) is 18.2 Å². The first-order chi connectivity index (χ1) is 14.7. The van der Waals surface area contributed by atoms with Gasteiger partial charge in [0.1, 0.15) is 6.10 Å². The number of halogens is 3. The van der Waals surface area contributed by atoms with Gasteiger partial charge in [-0.3, -0.25) is 9.69 Å². The van der Waals surface area contributed by atoms with Crippen molar-refractivity contribution in [2.75, 3.05) is 13.1 Å². The molecule has 1 aliphatic carbocycles. The first kappa shape index (κ1) is 23.0. The summed E-state index contributed by atoms with van der Waals surface area (Å²) in [5, 5.41) is 19.2. The van der Waals surface area contributed by atoms with Crippen molar-refractivity contribution in [1.29, 1.82) is 5.26 Å². The largest absolute Gasteiger partial charge is 0.490 e. The molecule has 2 heterocycles. The van der Waals surface area contributed by atoms with Crippen molar-refractivity contribution < 1.29 is 32.6 Å². The molecule has 1 amide bonds. The van der Waals surface area contributed by atoms with Gasteiger partial charge < -0.3 is 15.2 Å². The number of likely N-dealkylation sites (tertiary alicyclic amines) is 1. The molecule has 2 saturated heterocycles. The summed E-state index contributed by atoms with van der Waals surface area (Å²) in [5.41, 5.74) is 1.85. The first-order valence-electron chi connectivity index (χ1n) is 10.1. The second kappa shape index (κ2) is 9.66. The van der Waals surface area contributed by atoms with Gasteiger partial charge in [0.2, 0.25) is 5.91 Å². The number of benzene rings is 1. The van der Waals surface area contributed by atoms with Crippen molar-refractivity contribution in [2.45, 2.75) is 56.7 Å². The standard InChI is InChI=1S/C19H23N3O2.C2HF3O2/c20-10-14-2-1-3-15(8-14)12-22-7-6-17-16(22)9-18(24-17)19(23)21-11-13-4-5-13;3-2(4,5)1(6)7/h1-3,8,13,16-18H,4-7,9,11-12H2,(H,21,23);(H,6,7)/t16-,17-,18+;/m0./s1. The van der Waals surface area contributed by atoms with E-state index in [1.165, 1.54) is 12.8 Å². The quantitative estimate of drug-likeness (QED) is 0.731. The Kier molecular flexibility index (Phi) is 7.18. The van der Waals surface area contributed by atoms with E-state index < -0.39 is 12.1 Å². The summed E-state index contributed by atoms with van der Waals surface area (Å²) in [6.45, 7) is 2.61. The molecule has 31 heavy (non-hydrogen) atoms. The molecule has 2 N–H and O–H groups in total. The van der Waals surface area contributed by atoms with Crippen LogP contribution in [-0.2, 0) is 20.9 Å². The second-order valence-corrected chi connectivity index (χ2v) is 8.03. The number of hydrogen-bond donors (Lipinski definition) is 2. The molecule has 7 nitrogen and oxygen atoms in total. The molecule has 0 radical (unpaired) electrons. The van der Waals surface area contributed by atoms with Crippen LogP contribution in [0.5, 0.6) is 0 Å². The summed E-state index contributed by atoms with van der Waals surface area (Å²) < 4.78 is 37.7. The minimum Gasteiger partial charge on any atom is -0.475 e. The number of amides is 1. The van der Waals surface area contributed by atoms with E-state index in [2.05, 4.69) is 22.4 Å². The number of ether oxygens (including phenoxy) is 1. The van der Waals surface area contributed by atoms with E-state index >= 15 is 0 Å². The maximum Gasteiger partial charge on any atom is 0.490 e. The number of nitrogens with zero attached hydrogens (tertiary/aromatic N) is 2. The van der Waals surface area contributed by atoms with Crippen molar-refractivity contribution in [3.8, 4) is 6.07 Å². The number of carbonyl (C=O) groups excluding carboxylic acids is 1. The van der Waals surface area contributed by atoms with E-state index in [1.54, 1.807) is 0 Å². The summed E-state index contributed by atoms with van der Waals surface area (Å²) in [5.74, 6) is -2.01. The average Bonchev–Trinajstić information content (AvgIpc) is 3.34. The van der Waals surface area contributed by atoms with Crippen molar-refractivity contribution in [2.24, 2.45) is 5.92 Å². The zero-order chi connectivity index (χ0) is 22.6. The zero-order valence-electron chi connectivity index (χ0n) is 16.8. The number of nitrogens with one attached hydrogen (secondary N) is 1. The molecule has 0 aromatic heterocycles. The number of aliphatic carboxylic acids is 1. The smallest absolute Gasteiger partial charge is 0.475 e. The predicted octanol–water partition coefficient (Wildman–Crippen LogP) is 2.45. The molecule has 1 saturated carbocycles. The average molecular weight is 439 g/mol. The van der Waals surface area contributed by atoms with Gasteiger partial charge in [0, 0.05) is 32.1 Å². The van der Waals surface area contributed by atoms with Crippen LogP contribution in [-0.4, -0.2) is 59.4 Å². The van der Waals surface area contributed by atoms with Crippen molar-refractivity contribution in [3.63, 3.8) is 0 Å². The molecule has 168 valence electrons. The molecule has 1 aromatic carbocycles.